The number of aromatic nitrogens is 3. The highest BCUT2D eigenvalue weighted by Crippen LogP contribution is 2.23. The van der Waals surface area contributed by atoms with E-state index in [1.165, 1.54) is 5.56 Å². The van der Waals surface area contributed by atoms with Gasteiger partial charge in [0.1, 0.15) is 5.82 Å². The first-order valence-electron chi connectivity index (χ1n) is 6.16. The van der Waals surface area contributed by atoms with Crippen molar-refractivity contribution in [3.8, 4) is 5.82 Å². The van der Waals surface area contributed by atoms with Crippen LogP contribution in [0.1, 0.15) is 11.4 Å². The zero-order valence-corrected chi connectivity index (χ0v) is 13.3. The Hall–Kier alpha value is -1.66. The van der Waals surface area contributed by atoms with Crippen molar-refractivity contribution in [1.82, 2.24) is 14.5 Å². The van der Waals surface area contributed by atoms with Crippen molar-refractivity contribution in [2.75, 3.05) is 5.32 Å². The molecule has 0 aromatic carbocycles. The summed E-state index contributed by atoms with van der Waals surface area (Å²) in [6.07, 6.45) is 5.49. The largest absolute Gasteiger partial charge is 0.378 e. The Bertz CT molecular complexity index is 719. The minimum Gasteiger partial charge on any atom is -0.378 e. The maximum absolute atomic E-state index is 4.45. The first kappa shape index (κ1) is 13.3. The van der Waals surface area contributed by atoms with Crippen LogP contribution in [0, 0.1) is 6.92 Å². The van der Waals surface area contributed by atoms with Crippen LogP contribution >= 0.6 is 27.3 Å². The zero-order chi connectivity index (χ0) is 13.9. The molecule has 6 heteroatoms. The summed E-state index contributed by atoms with van der Waals surface area (Å²) < 4.78 is 3.12. The fourth-order valence-corrected chi connectivity index (χ4v) is 3.17. The number of nitrogens with one attached hydrogen (secondary N) is 1. The Kier molecular flexibility index (Phi) is 3.84. The highest BCUT2D eigenvalue weighted by Gasteiger charge is 2.08. The van der Waals surface area contributed by atoms with Gasteiger partial charge in [-0.25, -0.2) is 9.97 Å². The monoisotopic (exact) mass is 348 g/mol. The van der Waals surface area contributed by atoms with E-state index in [0.717, 1.165) is 27.7 Å². The highest BCUT2D eigenvalue weighted by atomic mass is 79.9. The minimum atomic E-state index is 0.772. The molecule has 0 amide bonds. The van der Waals surface area contributed by atoms with Crippen molar-refractivity contribution in [1.29, 1.82) is 0 Å². The molecule has 1 N–H and O–H groups in total. The van der Waals surface area contributed by atoms with Crippen molar-refractivity contribution < 1.29 is 0 Å². The van der Waals surface area contributed by atoms with E-state index >= 15 is 0 Å². The second-order valence-corrected chi connectivity index (χ2v) is 6.62. The molecule has 3 aromatic rings. The molecule has 102 valence electrons. The smallest absolute Gasteiger partial charge is 0.161 e. The summed E-state index contributed by atoms with van der Waals surface area (Å²) in [6.45, 7) is 2.74. The molecule has 0 spiro atoms. The lowest BCUT2D eigenvalue weighted by Gasteiger charge is -2.12. The van der Waals surface area contributed by atoms with Crippen LogP contribution in [-0.4, -0.2) is 14.5 Å². The summed E-state index contributed by atoms with van der Waals surface area (Å²) in [6, 6.07) is 6.08. The van der Waals surface area contributed by atoms with Gasteiger partial charge < -0.3 is 5.32 Å². The summed E-state index contributed by atoms with van der Waals surface area (Å²) >= 11 is 5.17. The first-order chi connectivity index (χ1) is 9.74. The van der Waals surface area contributed by atoms with Gasteiger partial charge in [-0.1, -0.05) is 0 Å². The first-order valence-corrected chi connectivity index (χ1v) is 7.83. The molecule has 0 aliphatic carbocycles. The van der Waals surface area contributed by atoms with Crippen molar-refractivity contribution >= 4 is 33.0 Å². The van der Waals surface area contributed by atoms with E-state index in [1.807, 2.05) is 29.8 Å². The van der Waals surface area contributed by atoms with Crippen LogP contribution in [0.3, 0.4) is 0 Å². The fourth-order valence-electron chi connectivity index (χ4n) is 1.96. The predicted octanol–water partition coefficient (Wildman–Crippen LogP) is 4.01. The van der Waals surface area contributed by atoms with Crippen molar-refractivity contribution in [2.45, 2.75) is 13.5 Å². The van der Waals surface area contributed by atoms with Crippen LogP contribution in [0.5, 0.6) is 0 Å². The van der Waals surface area contributed by atoms with Crippen LogP contribution in [0.15, 0.2) is 46.0 Å². The van der Waals surface area contributed by atoms with Gasteiger partial charge in [0.2, 0.25) is 0 Å². The summed E-state index contributed by atoms with van der Waals surface area (Å²) in [5, 5.41) is 5.57. The van der Waals surface area contributed by atoms with Gasteiger partial charge in [-0.05, 0) is 52.0 Å². The number of imidazole rings is 1. The molecule has 3 heterocycles. The predicted molar refractivity (Wildman–Crippen MR) is 85.4 cm³/mol. The van der Waals surface area contributed by atoms with Gasteiger partial charge in [-0.15, -0.1) is 11.3 Å². The van der Waals surface area contributed by atoms with Crippen LogP contribution in [0.25, 0.3) is 5.82 Å². The number of hydrogen-bond acceptors (Lipinski definition) is 4. The van der Waals surface area contributed by atoms with E-state index in [0.29, 0.717) is 0 Å². The Labute approximate surface area is 129 Å². The summed E-state index contributed by atoms with van der Waals surface area (Å²) in [7, 11) is 0. The third-order valence-corrected chi connectivity index (χ3v) is 4.50. The fraction of sp³-hybridized carbons (Fsp3) is 0.143. The maximum Gasteiger partial charge on any atom is 0.161 e. The van der Waals surface area contributed by atoms with Gasteiger partial charge in [0.05, 0.1) is 9.47 Å². The molecule has 0 atom stereocenters. The summed E-state index contributed by atoms with van der Waals surface area (Å²) in [5.41, 5.74) is 2.25. The van der Waals surface area contributed by atoms with Gasteiger partial charge in [0.25, 0.3) is 0 Å². The lowest BCUT2D eigenvalue weighted by Crippen LogP contribution is -2.06. The molecule has 4 nitrogen and oxygen atoms in total. The van der Waals surface area contributed by atoms with Crippen molar-refractivity contribution in [3.05, 3.63) is 57.3 Å². The number of halogens is 1. The molecule has 3 rings (SSSR count). The van der Waals surface area contributed by atoms with Crippen LogP contribution in [-0.2, 0) is 6.54 Å². The van der Waals surface area contributed by atoms with Gasteiger partial charge in [0.15, 0.2) is 5.82 Å². The Morgan fingerprint density at radius 2 is 2.25 bits per heavy atom. The number of anilines is 1. The molecule has 3 aromatic heterocycles. The number of pyridine rings is 1. The number of hydrogen-bond donors (Lipinski definition) is 1. The molecule has 0 saturated heterocycles. The minimum absolute atomic E-state index is 0.772. The molecular formula is C14H13BrN4S. The number of rotatable bonds is 4. The second kappa shape index (κ2) is 5.76. The highest BCUT2D eigenvalue weighted by molar-refractivity contribution is 9.11. The van der Waals surface area contributed by atoms with E-state index in [1.54, 1.807) is 23.7 Å². The van der Waals surface area contributed by atoms with Crippen molar-refractivity contribution in [3.63, 3.8) is 0 Å². The SMILES string of the molecule is Cc1nccn1-c1ncccc1NCc1csc(Br)c1. The average Bonchev–Trinajstić information content (AvgIpc) is 3.05. The van der Waals surface area contributed by atoms with E-state index in [2.05, 4.69) is 42.7 Å². The summed E-state index contributed by atoms with van der Waals surface area (Å²) in [4.78, 5) is 8.70. The van der Waals surface area contributed by atoms with Crippen LogP contribution in [0.4, 0.5) is 5.69 Å². The molecule has 0 bridgehead atoms. The Morgan fingerprint density at radius 1 is 1.35 bits per heavy atom. The molecule has 20 heavy (non-hydrogen) atoms. The van der Waals surface area contributed by atoms with E-state index < -0.39 is 0 Å². The standard InChI is InChI=1S/C14H13BrN4S/c1-10-16-5-6-19(10)14-12(3-2-4-17-14)18-8-11-7-13(15)20-9-11/h2-7,9,18H,8H2,1H3. The number of thiophene rings is 1. The number of aryl methyl sites for hydroxylation is 1. The third-order valence-electron chi connectivity index (χ3n) is 2.95. The van der Waals surface area contributed by atoms with Crippen molar-refractivity contribution in [2.24, 2.45) is 0 Å². The lowest BCUT2D eigenvalue weighted by molar-refractivity contribution is 0.929. The molecule has 0 radical (unpaired) electrons. The average molecular weight is 349 g/mol. The van der Waals surface area contributed by atoms with Crippen LogP contribution < -0.4 is 5.32 Å². The van der Waals surface area contributed by atoms with Gasteiger partial charge in [-0.3, -0.25) is 4.57 Å². The topological polar surface area (TPSA) is 42.7 Å². The molecule has 0 aliphatic rings. The van der Waals surface area contributed by atoms with E-state index in [-0.39, 0.29) is 0 Å². The molecule has 0 saturated carbocycles. The van der Waals surface area contributed by atoms with Gasteiger partial charge in [0, 0.05) is 25.1 Å². The molecule has 0 unspecified atom stereocenters. The molecule has 0 fully saturated rings. The van der Waals surface area contributed by atoms with Gasteiger partial charge >= 0.3 is 0 Å². The Morgan fingerprint density at radius 3 is 2.95 bits per heavy atom. The molecular weight excluding hydrogens is 336 g/mol. The lowest BCUT2D eigenvalue weighted by atomic mass is 10.3. The van der Waals surface area contributed by atoms with E-state index in [9.17, 15) is 0 Å². The second-order valence-electron chi connectivity index (χ2n) is 4.33. The summed E-state index contributed by atoms with van der Waals surface area (Å²) in [5.74, 6) is 1.79. The van der Waals surface area contributed by atoms with E-state index in [4.69, 9.17) is 0 Å². The number of nitrogens with zero attached hydrogens (tertiary/aromatic N) is 3. The van der Waals surface area contributed by atoms with Gasteiger partial charge in [-0.2, -0.15) is 0 Å². The Balaban J connectivity index is 1.85. The third kappa shape index (κ3) is 2.76. The molecule has 0 aliphatic heterocycles. The quantitative estimate of drug-likeness (QED) is 0.774. The normalized spacial score (nSPS) is 10.7. The van der Waals surface area contributed by atoms with Crippen LogP contribution in [0.2, 0.25) is 0 Å². The maximum atomic E-state index is 4.45. The zero-order valence-electron chi connectivity index (χ0n) is 10.9.